The number of halogens is 2. The van der Waals surface area contributed by atoms with E-state index in [2.05, 4.69) is 146 Å². The van der Waals surface area contributed by atoms with Crippen LogP contribution < -0.4 is 21.2 Å². The van der Waals surface area contributed by atoms with Gasteiger partial charge in [-0.3, -0.25) is 0 Å². The van der Waals surface area contributed by atoms with Gasteiger partial charge in [-0.2, -0.15) is 0 Å². The Morgan fingerprint density at radius 2 is 0.727 bits per heavy atom. The van der Waals surface area contributed by atoms with E-state index in [0.717, 1.165) is 11.1 Å². The summed E-state index contributed by atoms with van der Waals surface area (Å²) in [5.74, 6) is 0. The largest absolute Gasteiger partial charge is 0.375 e. The quantitative estimate of drug-likeness (QED) is 0.134. The zero-order valence-corrected chi connectivity index (χ0v) is 27.9. The normalized spacial score (nSPS) is 21.9. The first-order valence-corrected chi connectivity index (χ1v) is 18.2. The fourth-order valence-corrected chi connectivity index (χ4v) is 11.6. The maximum absolute atomic E-state index is 7.10. The highest BCUT2D eigenvalue weighted by Crippen LogP contribution is 2.55. The second-order valence-electron chi connectivity index (χ2n) is 10.5. The molecule has 0 fully saturated rings. The van der Waals surface area contributed by atoms with Gasteiger partial charge in [0, 0.05) is 14.2 Å². The molecule has 0 aromatic heterocycles. The SMILES string of the molecule is COC1C(C2=C(P(c3ccccc3)c3ccccc3)C=CC(Cl)C2OC)=C(P(c2ccccc2)c2ccccc2)C=CC1Cl. The van der Waals surface area contributed by atoms with Crippen molar-refractivity contribution in [1.82, 2.24) is 0 Å². The second-order valence-corrected chi connectivity index (χ2v) is 15.9. The molecule has 0 saturated heterocycles. The predicted octanol–water partition coefficient (Wildman–Crippen LogP) is 8.14. The Morgan fingerprint density at radius 1 is 0.455 bits per heavy atom. The minimum atomic E-state index is -0.965. The molecule has 6 heteroatoms. The van der Waals surface area contributed by atoms with E-state index in [4.69, 9.17) is 32.7 Å². The molecule has 2 nitrogen and oxygen atoms in total. The third kappa shape index (κ3) is 6.31. The molecule has 4 unspecified atom stereocenters. The molecule has 0 heterocycles. The molecule has 0 spiro atoms. The van der Waals surface area contributed by atoms with Gasteiger partial charge in [-0.25, -0.2) is 0 Å². The average molecular weight is 656 g/mol. The Labute approximate surface area is 273 Å². The molecular formula is C38H34Cl2O2P2. The predicted molar refractivity (Wildman–Crippen MR) is 191 cm³/mol. The van der Waals surface area contributed by atoms with E-state index >= 15 is 0 Å². The van der Waals surface area contributed by atoms with Crippen LogP contribution in [0, 0.1) is 0 Å². The fraction of sp³-hybridized carbons (Fsp3) is 0.158. The third-order valence-electron chi connectivity index (χ3n) is 7.91. The molecule has 0 N–H and O–H groups in total. The lowest BCUT2D eigenvalue weighted by Gasteiger charge is -2.39. The Bertz CT molecular complexity index is 1470. The van der Waals surface area contributed by atoms with Crippen LogP contribution in [-0.2, 0) is 9.47 Å². The van der Waals surface area contributed by atoms with Crippen LogP contribution in [0.4, 0.5) is 0 Å². The van der Waals surface area contributed by atoms with Crippen LogP contribution in [-0.4, -0.2) is 37.2 Å². The van der Waals surface area contributed by atoms with Gasteiger partial charge in [0.2, 0.25) is 0 Å². The van der Waals surface area contributed by atoms with Crippen molar-refractivity contribution in [2.24, 2.45) is 0 Å². The van der Waals surface area contributed by atoms with Crippen LogP contribution in [0.2, 0.25) is 0 Å². The molecule has 4 aromatic carbocycles. The summed E-state index contributed by atoms with van der Waals surface area (Å²) in [7, 11) is 1.57. The lowest BCUT2D eigenvalue weighted by atomic mass is 9.86. The zero-order valence-electron chi connectivity index (χ0n) is 24.6. The van der Waals surface area contributed by atoms with E-state index in [1.807, 2.05) is 0 Å². The van der Waals surface area contributed by atoms with Gasteiger partial charge in [0.05, 0.1) is 10.8 Å². The highest BCUT2D eigenvalue weighted by atomic mass is 35.5. The number of rotatable bonds is 9. The van der Waals surface area contributed by atoms with Crippen molar-refractivity contribution in [3.8, 4) is 0 Å². The molecule has 0 saturated carbocycles. The number of ether oxygens (including phenoxy) is 2. The molecule has 2 aliphatic rings. The molecule has 0 amide bonds. The van der Waals surface area contributed by atoms with Crippen LogP contribution in [0.5, 0.6) is 0 Å². The summed E-state index contributed by atoms with van der Waals surface area (Å²) < 4.78 is 12.6. The van der Waals surface area contributed by atoms with E-state index in [9.17, 15) is 0 Å². The molecule has 0 bridgehead atoms. The lowest BCUT2D eigenvalue weighted by molar-refractivity contribution is 0.116. The van der Waals surface area contributed by atoms with Crippen molar-refractivity contribution in [2.75, 3.05) is 14.2 Å². The Kier molecular flexibility index (Phi) is 10.3. The van der Waals surface area contributed by atoms with Gasteiger partial charge in [0.15, 0.2) is 0 Å². The lowest BCUT2D eigenvalue weighted by Crippen LogP contribution is -2.37. The smallest absolute Gasteiger partial charge is 0.103 e. The van der Waals surface area contributed by atoms with E-state index < -0.39 is 28.1 Å². The minimum absolute atomic E-state index is 0.354. The maximum Gasteiger partial charge on any atom is 0.103 e. The summed E-state index contributed by atoms with van der Waals surface area (Å²) in [5.41, 5.74) is 2.15. The molecule has 0 aliphatic heterocycles. The maximum atomic E-state index is 7.10. The number of hydrogen-bond acceptors (Lipinski definition) is 2. The van der Waals surface area contributed by atoms with Crippen LogP contribution in [0.15, 0.2) is 167 Å². The molecule has 2 aliphatic carbocycles. The van der Waals surface area contributed by atoms with Crippen LogP contribution >= 0.6 is 39.0 Å². The summed E-state index contributed by atoms with van der Waals surface area (Å²) in [5, 5.41) is 6.72. The average Bonchev–Trinajstić information content (AvgIpc) is 3.08. The van der Waals surface area contributed by atoms with Crippen molar-refractivity contribution in [2.45, 2.75) is 23.0 Å². The highest BCUT2D eigenvalue weighted by Gasteiger charge is 2.41. The first-order chi connectivity index (χ1) is 21.6. The van der Waals surface area contributed by atoms with Crippen LogP contribution in [0.1, 0.15) is 0 Å². The second kappa shape index (κ2) is 14.5. The summed E-state index contributed by atoms with van der Waals surface area (Å²) in [6.45, 7) is 0. The van der Waals surface area contributed by atoms with Crippen molar-refractivity contribution in [1.29, 1.82) is 0 Å². The Hall–Kier alpha value is -2.80. The standard InChI is InChI=1S/C38H34Cl2O2P2/c1-41-37-31(39)23-25-33(43(27-15-7-3-8-16-27)28-17-9-4-10-18-28)35(37)36-34(26-24-32(40)38(36)42-2)44(29-19-11-5-12-20-29)30-21-13-6-14-22-30/h3-26,31-32,37-38H,1-2H3. The molecule has 222 valence electrons. The molecule has 6 rings (SSSR count). The summed E-state index contributed by atoms with van der Waals surface area (Å²) in [4.78, 5) is 0. The van der Waals surface area contributed by atoms with Crippen molar-refractivity contribution >= 4 is 60.3 Å². The van der Waals surface area contributed by atoms with Gasteiger partial charge in [-0.05, 0) is 58.8 Å². The highest BCUT2D eigenvalue weighted by molar-refractivity contribution is 7.77. The van der Waals surface area contributed by atoms with E-state index in [0.29, 0.717) is 0 Å². The van der Waals surface area contributed by atoms with Gasteiger partial charge in [-0.1, -0.05) is 146 Å². The van der Waals surface area contributed by atoms with E-state index in [1.165, 1.54) is 31.8 Å². The first-order valence-electron chi connectivity index (χ1n) is 14.6. The number of methoxy groups -OCH3 is 2. The molecule has 4 atom stereocenters. The van der Waals surface area contributed by atoms with Gasteiger partial charge in [0.1, 0.15) is 12.2 Å². The summed E-state index contributed by atoms with van der Waals surface area (Å²) in [6.07, 6.45) is 7.81. The van der Waals surface area contributed by atoms with Crippen molar-refractivity contribution in [3.63, 3.8) is 0 Å². The van der Waals surface area contributed by atoms with Crippen LogP contribution in [0.25, 0.3) is 0 Å². The first kappa shape index (κ1) is 31.2. The summed E-state index contributed by atoms with van der Waals surface area (Å²) >= 11 is 14.2. The van der Waals surface area contributed by atoms with Gasteiger partial charge < -0.3 is 9.47 Å². The van der Waals surface area contributed by atoms with Crippen molar-refractivity contribution < 1.29 is 9.47 Å². The Morgan fingerprint density at radius 3 is 0.977 bits per heavy atom. The van der Waals surface area contributed by atoms with Gasteiger partial charge >= 0.3 is 0 Å². The molecule has 4 aromatic rings. The number of hydrogen-bond donors (Lipinski definition) is 0. The number of allylic oxidation sites excluding steroid dienone is 4. The van der Waals surface area contributed by atoms with E-state index in [1.54, 1.807) is 14.2 Å². The fourth-order valence-electron chi connectivity index (χ4n) is 5.99. The Balaban J connectivity index is 1.71. The monoisotopic (exact) mass is 654 g/mol. The van der Waals surface area contributed by atoms with Crippen molar-refractivity contribution in [3.05, 3.63) is 167 Å². The van der Waals surface area contributed by atoms with Gasteiger partial charge in [-0.15, -0.1) is 23.2 Å². The number of benzene rings is 4. The zero-order chi connectivity index (χ0) is 30.5. The van der Waals surface area contributed by atoms with Crippen LogP contribution in [0.3, 0.4) is 0 Å². The molecule has 0 radical (unpaired) electrons. The molecule has 44 heavy (non-hydrogen) atoms. The minimum Gasteiger partial charge on any atom is -0.375 e. The number of alkyl halides is 2. The summed E-state index contributed by atoms with van der Waals surface area (Å²) in [6, 6.07) is 43.0. The third-order valence-corrected chi connectivity index (χ3v) is 13.7. The van der Waals surface area contributed by atoms with Gasteiger partial charge in [0.25, 0.3) is 0 Å². The molecular weight excluding hydrogens is 621 g/mol. The van der Waals surface area contributed by atoms with E-state index in [-0.39, 0.29) is 10.8 Å². The topological polar surface area (TPSA) is 18.5 Å².